The number of carbonyl (C=O) groups is 1. The molecule has 0 radical (unpaired) electrons. The van der Waals surface area contributed by atoms with Gasteiger partial charge in [0.25, 0.3) is 5.91 Å². The Balaban J connectivity index is 1.68. The third-order valence-electron chi connectivity index (χ3n) is 4.07. The molecule has 0 aliphatic carbocycles. The fourth-order valence-electron chi connectivity index (χ4n) is 2.87. The lowest BCUT2D eigenvalue weighted by Gasteiger charge is -2.21. The summed E-state index contributed by atoms with van der Waals surface area (Å²) in [5, 5.41) is 7.80. The Morgan fingerprint density at radius 3 is 2.88 bits per heavy atom. The van der Waals surface area contributed by atoms with Crippen LogP contribution in [0.4, 0.5) is 0 Å². The molecule has 25 heavy (non-hydrogen) atoms. The predicted molar refractivity (Wildman–Crippen MR) is 97.4 cm³/mol. The van der Waals surface area contributed by atoms with Crippen molar-refractivity contribution in [3.63, 3.8) is 0 Å². The summed E-state index contributed by atoms with van der Waals surface area (Å²) >= 11 is 1.70. The van der Waals surface area contributed by atoms with Gasteiger partial charge in [-0.25, -0.2) is 0 Å². The third kappa shape index (κ3) is 3.21. The van der Waals surface area contributed by atoms with Gasteiger partial charge in [-0.1, -0.05) is 6.07 Å². The summed E-state index contributed by atoms with van der Waals surface area (Å²) in [6, 6.07) is 13.5. The lowest BCUT2D eigenvalue weighted by molar-refractivity contribution is 0.0721. The molecule has 6 heteroatoms. The molecule has 0 saturated carbocycles. The van der Waals surface area contributed by atoms with Gasteiger partial charge in [0, 0.05) is 15.1 Å². The van der Waals surface area contributed by atoms with E-state index in [2.05, 4.69) is 29.3 Å². The highest BCUT2D eigenvalue weighted by Crippen LogP contribution is 2.23. The zero-order valence-corrected chi connectivity index (χ0v) is 14.5. The third-order valence-corrected chi connectivity index (χ3v) is 5.06. The maximum Gasteiger partial charge on any atom is 0.255 e. The molecule has 0 saturated heterocycles. The number of carbonyl (C=O) groups excluding carboxylic acids is 1. The summed E-state index contributed by atoms with van der Waals surface area (Å²) in [7, 11) is 0. The molecular weight excluding hydrogens is 334 g/mol. The number of rotatable bonds is 5. The highest BCUT2D eigenvalue weighted by atomic mass is 32.1. The van der Waals surface area contributed by atoms with Gasteiger partial charge in [0.2, 0.25) is 0 Å². The van der Waals surface area contributed by atoms with Crippen LogP contribution in [0, 0.1) is 6.92 Å². The average molecular weight is 351 g/mol. The SMILES string of the molecule is Cc1ccc(CN(Cc2ccco2)C(=O)c2cccc3[nH]ncc23)s1. The zero-order chi connectivity index (χ0) is 17.2. The number of thiophene rings is 1. The number of fused-ring (bicyclic) bond motifs is 1. The van der Waals surface area contributed by atoms with E-state index in [4.69, 9.17) is 4.42 Å². The first-order valence-electron chi connectivity index (χ1n) is 8.00. The van der Waals surface area contributed by atoms with E-state index < -0.39 is 0 Å². The van der Waals surface area contributed by atoms with Crippen LogP contribution in [0.3, 0.4) is 0 Å². The van der Waals surface area contributed by atoms with Gasteiger partial charge in [0.1, 0.15) is 5.76 Å². The first-order chi connectivity index (χ1) is 12.2. The lowest BCUT2D eigenvalue weighted by Crippen LogP contribution is -2.29. The maximum absolute atomic E-state index is 13.2. The van der Waals surface area contributed by atoms with Crippen molar-refractivity contribution in [2.75, 3.05) is 0 Å². The summed E-state index contributed by atoms with van der Waals surface area (Å²) in [6.07, 6.45) is 3.33. The van der Waals surface area contributed by atoms with Crippen LogP contribution in [0.1, 0.15) is 25.9 Å². The Morgan fingerprint density at radius 2 is 2.12 bits per heavy atom. The minimum Gasteiger partial charge on any atom is -0.467 e. The van der Waals surface area contributed by atoms with Crippen LogP contribution >= 0.6 is 11.3 Å². The average Bonchev–Trinajstić information content (AvgIpc) is 3.35. The first-order valence-corrected chi connectivity index (χ1v) is 8.81. The number of benzene rings is 1. The summed E-state index contributed by atoms with van der Waals surface area (Å²) in [5.74, 6) is 0.732. The van der Waals surface area contributed by atoms with Crippen molar-refractivity contribution in [3.05, 3.63) is 76.0 Å². The minimum absolute atomic E-state index is 0.0329. The van der Waals surface area contributed by atoms with Crippen LogP contribution in [0.5, 0.6) is 0 Å². The van der Waals surface area contributed by atoms with Gasteiger partial charge in [-0.2, -0.15) is 5.10 Å². The molecule has 0 bridgehead atoms. The van der Waals surface area contributed by atoms with Crippen LogP contribution in [0.15, 0.2) is 59.3 Å². The Kier molecular flexibility index (Phi) is 4.11. The van der Waals surface area contributed by atoms with Crippen LogP contribution < -0.4 is 0 Å². The normalized spacial score (nSPS) is 11.1. The number of H-pyrrole nitrogens is 1. The molecule has 0 spiro atoms. The highest BCUT2D eigenvalue weighted by molar-refractivity contribution is 7.11. The second kappa shape index (κ2) is 6.57. The molecule has 5 nitrogen and oxygen atoms in total. The quantitative estimate of drug-likeness (QED) is 0.581. The molecule has 0 atom stereocenters. The van der Waals surface area contributed by atoms with E-state index in [9.17, 15) is 4.79 Å². The van der Waals surface area contributed by atoms with Gasteiger partial charge in [-0.3, -0.25) is 9.89 Å². The molecule has 1 N–H and O–H groups in total. The summed E-state index contributed by atoms with van der Waals surface area (Å²) in [5.41, 5.74) is 1.50. The molecule has 1 aromatic carbocycles. The Hall–Kier alpha value is -2.86. The van der Waals surface area contributed by atoms with Gasteiger partial charge in [-0.05, 0) is 43.3 Å². The summed E-state index contributed by atoms with van der Waals surface area (Å²) in [4.78, 5) is 17.4. The fraction of sp³-hybridized carbons (Fsp3) is 0.158. The Morgan fingerprint density at radius 1 is 1.20 bits per heavy atom. The smallest absolute Gasteiger partial charge is 0.255 e. The molecule has 4 aromatic rings. The van der Waals surface area contributed by atoms with Crippen LogP contribution in [0.25, 0.3) is 10.9 Å². The number of nitrogens with one attached hydrogen (secondary N) is 1. The monoisotopic (exact) mass is 351 g/mol. The zero-order valence-electron chi connectivity index (χ0n) is 13.7. The van der Waals surface area contributed by atoms with Crippen molar-refractivity contribution in [2.45, 2.75) is 20.0 Å². The summed E-state index contributed by atoms with van der Waals surface area (Å²) < 4.78 is 5.46. The van der Waals surface area contributed by atoms with Crippen molar-refractivity contribution in [2.24, 2.45) is 0 Å². The number of aromatic nitrogens is 2. The minimum atomic E-state index is -0.0329. The second-order valence-corrected chi connectivity index (χ2v) is 7.26. The van der Waals surface area contributed by atoms with E-state index in [-0.39, 0.29) is 5.91 Å². The van der Waals surface area contributed by atoms with Crippen LogP contribution in [0.2, 0.25) is 0 Å². The van der Waals surface area contributed by atoms with E-state index in [1.54, 1.807) is 23.8 Å². The van der Waals surface area contributed by atoms with Crippen molar-refractivity contribution in [3.8, 4) is 0 Å². The van der Waals surface area contributed by atoms with Gasteiger partial charge >= 0.3 is 0 Å². The predicted octanol–water partition coefficient (Wildman–Crippen LogP) is 4.37. The van der Waals surface area contributed by atoms with Crippen molar-refractivity contribution >= 4 is 28.1 Å². The van der Waals surface area contributed by atoms with E-state index in [0.29, 0.717) is 18.7 Å². The number of aromatic amines is 1. The van der Waals surface area contributed by atoms with Gasteiger partial charge in [0.15, 0.2) is 0 Å². The maximum atomic E-state index is 13.2. The van der Waals surface area contributed by atoms with Gasteiger partial charge < -0.3 is 9.32 Å². The fourth-order valence-corrected chi connectivity index (χ4v) is 3.78. The lowest BCUT2D eigenvalue weighted by atomic mass is 10.1. The molecule has 0 aliphatic rings. The number of nitrogens with zero attached hydrogens (tertiary/aromatic N) is 2. The van der Waals surface area contributed by atoms with Crippen LogP contribution in [-0.4, -0.2) is 21.0 Å². The number of amides is 1. The molecule has 0 aliphatic heterocycles. The molecule has 3 heterocycles. The first kappa shape index (κ1) is 15.7. The molecule has 0 unspecified atom stereocenters. The molecule has 4 rings (SSSR count). The molecule has 126 valence electrons. The van der Waals surface area contributed by atoms with Crippen LogP contribution in [-0.2, 0) is 13.1 Å². The standard InChI is InChI=1S/C19H17N3O2S/c1-13-7-8-15(25-13)12-22(11-14-4-3-9-24-14)19(23)16-5-2-6-18-17(16)10-20-21-18/h2-10H,11-12H2,1H3,(H,20,21). The van der Waals surface area contributed by atoms with Crippen molar-refractivity contribution < 1.29 is 9.21 Å². The second-order valence-electron chi connectivity index (χ2n) is 5.89. The van der Waals surface area contributed by atoms with Crippen molar-refractivity contribution in [1.82, 2.24) is 15.1 Å². The van der Waals surface area contributed by atoms with E-state index in [1.807, 2.05) is 35.2 Å². The Labute approximate surface area is 148 Å². The largest absolute Gasteiger partial charge is 0.467 e. The number of aryl methyl sites for hydroxylation is 1. The Bertz CT molecular complexity index is 1000. The van der Waals surface area contributed by atoms with Gasteiger partial charge in [0.05, 0.1) is 36.6 Å². The topological polar surface area (TPSA) is 62.1 Å². The number of hydrogen-bond acceptors (Lipinski definition) is 4. The number of hydrogen-bond donors (Lipinski definition) is 1. The molecular formula is C19H17N3O2S. The van der Waals surface area contributed by atoms with Crippen molar-refractivity contribution in [1.29, 1.82) is 0 Å². The molecule has 1 amide bonds. The van der Waals surface area contributed by atoms with E-state index in [1.165, 1.54) is 4.88 Å². The van der Waals surface area contributed by atoms with E-state index in [0.717, 1.165) is 21.5 Å². The van der Waals surface area contributed by atoms with E-state index >= 15 is 0 Å². The molecule has 3 aromatic heterocycles. The van der Waals surface area contributed by atoms with Gasteiger partial charge in [-0.15, -0.1) is 11.3 Å². The summed E-state index contributed by atoms with van der Waals surface area (Å²) in [6.45, 7) is 3.04. The molecule has 0 fully saturated rings. The highest BCUT2D eigenvalue weighted by Gasteiger charge is 2.21. The number of furan rings is 1.